The van der Waals surface area contributed by atoms with Crippen molar-refractivity contribution in [3.63, 3.8) is 0 Å². The number of ether oxygens (including phenoxy) is 3. The lowest BCUT2D eigenvalue weighted by Gasteiger charge is -2.21. The molecule has 0 spiro atoms. The van der Waals surface area contributed by atoms with E-state index in [9.17, 15) is 14.4 Å². The molecule has 94 valence electrons. The number of rotatable bonds is 3. The molecule has 0 aromatic rings. The van der Waals surface area contributed by atoms with E-state index in [1.54, 1.807) is 6.92 Å². The largest absolute Gasteiger partial charge is 0.462 e. The van der Waals surface area contributed by atoms with Gasteiger partial charge >= 0.3 is 17.7 Å². The molecule has 0 N–H and O–H groups in total. The summed E-state index contributed by atoms with van der Waals surface area (Å²) in [5, 5.41) is 0. The minimum absolute atomic E-state index is 0.0946. The van der Waals surface area contributed by atoms with E-state index in [4.69, 9.17) is 14.2 Å². The average molecular weight is 242 g/mol. The van der Waals surface area contributed by atoms with Gasteiger partial charge in [0.2, 0.25) is 0 Å². The van der Waals surface area contributed by atoms with E-state index in [0.717, 1.165) is 6.92 Å². The molecule has 0 amide bonds. The molecule has 17 heavy (non-hydrogen) atoms. The Bertz CT molecular complexity index is 408. The highest BCUT2D eigenvalue weighted by molar-refractivity contribution is 6.21. The summed E-state index contributed by atoms with van der Waals surface area (Å²) in [5.41, 5.74) is -0.212. The highest BCUT2D eigenvalue weighted by Crippen LogP contribution is 2.32. The number of hydrogen-bond donors (Lipinski definition) is 0. The van der Waals surface area contributed by atoms with Crippen LogP contribution in [0.15, 0.2) is 11.3 Å². The molecule has 6 heteroatoms. The molecule has 0 aromatic heterocycles. The van der Waals surface area contributed by atoms with Gasteiger partial charge in [0.15, 0.2) is 0 Å². The molecule has 0 bridgehead atoms. The molecule has 0 fully saturated rings. The first-order valence-corrected chi connectivity index (χ1v) is 5.13. The van der Waals surface area contributed by atoms with Gasteiger partial charge in [0.25, 0.3) is 5.78 Å². The Morgan fingerprint density at radius 2 is 2.00 bits per heavy atom. The third-order valence-electron chi connectivity index (χ3n) is 2.16. The van der Waals surface area contributed by atoms with Gasteiger partial charge < -0.3 is 14.2 Å². The van der Waals surface area contributed by atoms with Crippen molar-refractivity contribution < 1.29 is 28.6 Å². The molecule has 0 aliphatic carbocycles. The Balaban J connectivity index is 2.96. The van der Waals surface area contributed by atoms with Gasteiger partial charge in [-0.05, 0) is 13.8 Å². The Kier molecular flexibility index (Phi) is 3.55. The first-order valence-electron chi connectivity index (χ1n) is 5.13. The fourth-order valence-corrected chi connectivity index (χ4v) is 1.56. The third-order valence-corrected chi connectivity index (χ3v) is 2.16. The Hall–Kier alpha value is -1.85. The van der Waals surface area contributed by atoms with E-state index in [1.165, 1.54) is 13.8 Å². The van der Waals surface area contributed by atoms with E-state index >= 15 is 0 Å². The van der Waals surface area contributed by atoms with Crippen molar-refractivity contribution in [1.29, 1.82) is 0 Å². The SMILES string of the molecule is CCOC(=O)C1=C(C)O[C@](C)(OC(C)=O)C1=O. The van der Waals surface area contributed by atoms with E-state index in [1.807, 2.05) is 0 Å². The molecule has 0 radical (unpaired) electrons. The van der Waals surface area contributed by atoms with Crippen molar-refractivity contribution in [2.45, 2.75) is 33.5 Å². The van der Waals surface area contributed by atoms with Crippen LogP contribution in [0.5, 0.6) is 0 Å². The van der Waals surface area contributed by atoms with E-state index < -0.39 is 23.5 Å². The Morgan fingerprint density at radius 1 is 1.41 bits per heavy atom. The number of hydrogen-bond acceptors (Lipinski definition) is 6. The van der Waals surface area contributed by atoms with Crippen LogP contribution in [0.3, 0.4) is 0 Å². The van der Waals surface area contributed by atoms with Crippen molar-refractivity contribution in [3.8, 4) is 0 Å². The van der Waals surface area contributed by atoms with Crippen molar-refractivity contribution in [2.24, 2.45) is 0 Å². The number of carbonyl (C=O) groups excluding carboxylic acids is 3. The van der Waals surface area contributed by atoms with Gasteiger partial charge in [-0.1, -0.05) is 0 Å². The predicted octanol–water partition coefficient (Wildman–Crippen LogP) is 0.702. The molecule has 0 unspecified atom stereocenters. The van der Waals surface area contributed by atoms with Gasteiger partial charge in [0.1, 0.15) is 11.3 Å². The summed E-state index contributed by atoms with van der Waals surface area (Å²) in [6.45, 7) is 5.65. The number of allylic oxidation sites excluding steroid dienone is 1. The summed E-state index contributed by atoms with van der Waals surface area (Å²) in [6, 6.07) is 0. The van der Waals surface area contributed by atoms with Gasteiger partial charge in [0, 0.05) is 13.8 Å². The molecule has 0 aromatic carbocycles. The molecule has 1 heterocycles. The molecule has 6 nitrogen and oxygen atoms in total. The van der Waals surface area contributed by atoms with Gasteiger partial charge in [-0.3, -0.25) is 9.59 Å². The minimum Gasteiger partial charge on any atom is -0.462 e. The lowest BCUT2D eigenvalue weighted by molar-refractivity contribution is -0.199. The first-order chi connectivity index (χ1) is 7.81. The zero-order valence-corrected chi connectivity index (χ0v) is 10.2. The van der Waals surface area contributed by atoms with Crippen molar-refractivity contribution in [1.82, 2.24) is 0 Å². The second-order valence-electron chi connectivity index (χ2n) is 3.62. The number of Topliss-reactive ketones (excluding diaryl/α,β-unsaturated/α-hetero) is 1. The fraction of sp³-hybridized carbons (Fsp3) is 0.545. The number of carbonyl (C=O) groups is 3. The smallest absolute Gasteiger partial charge is 0.345 e. The van der Waals surface area contributed by atoms with Crippen molar-refractivity contribution in [2.75, 3.05) is 6.61 Å². The van der Waals surface area contributed by atoms with Crippen molar-refractivity contribution in [3.05, 3.63) is 11.3 Å². The van der Waals surface area contributed by atoms with E-state index in [0.29, 0.717) is 0 Å². The lowest BCUT2D eigenvalue weighted by atomic mass is 10.1. The maximum absolute atomic E-state index is 11.9. The number of esters is 2. The first kappa shape index (κ1) is 13.2. The average Bonchev–Trinajstić information content (AvgIpc) is 2.36. The van der Waals surface area contributed by atoms with Crippen molar-refractivity contribution >= 4 is 17.7 Å². The van der Waals surface area contributed by atoms with Crippen LogP contribution in [0.4, 0.5) is 0 Å². The topological polar surface area (TPSA) is 78.9 Å². The monoisotopic (exact) mass is 242 g/mol. The molecule has 1 rings (SSSR count). The second-order valence-corrected chi connectivity index (χ2v) is 3.62. The van der Waals surface area contributed by atoms with Crippen LogP contribution in [0.1, 0.15) is 27.7 Å². The summed E-state index contributed by atoms with van der Waals surface area (Å²) < 4.78 is 14.6. The fourth-order valence-electron chi connectivity index (χ4n) is 1.56. The van der Waals surface area contributed by atoms with Crippen LogP contribution in [0, 0.1) is 0 Å². The van der Waals surface area contributed by atoms with Crippen LogP contribution in [-0.4, -0.2) is 30.1 Å². The Morgan fingerprint density at radius 3 is 2.47 bits per heavy atom. The zero-order chi connectivity index (χ0) is 13.2. The maximum Gasteiger partial charge on any atom is 0.345 e. The van der Waals surface area contributed by atoms with Crippen LogP contribution in [0.25, 0.3) is 0 Å². The van der Waals surface area contributed by atoms with Crippen LogP contribution >= 0.6 is 0 Å². The summed E-state index contributed by atoms with van der Waals surface area (Å²) in [7, 11) is 0. The van der Waals surface area contributed by atoms with E-state index in [-0.39, 0.29) is 17.9 Å². The molecule has 0 saturated carbocycles. The number of ketones is 1. The standard InChI is InChI=1S/C11H14O6/c1-5-15-10(14)8-6(2)16-11(4,9(8)13)17-7(3)12/h5H2,1-4H3/t11-/m1/s1. The zero-order valence-electron chi connectivity index (χ0n) is 10.2. The molecule has 0 saturated heterocycles. The highest BCUT2D eigenvalue weighted by Gasteiger charge is 2.50. The van der Waals surface area contributed by atoms with Gasteiger partial charge in [-0.25, -0.2) is 4.79 Å². The van der Waals surface area contributed by atoms with Gasteiger partial charge in [0.05, 0.1) is 6.61 Å². The Labute approximate surface area is 98.5 Å². The van der Waals surface area contributed by atoms with Crippen LogP contribution < -0.4 is 0 Å². The van der Waals surface area contributed by atoms with Crippen LogP contribution in [0.2, 0.25) is 0 Å². The highest BCUT2D eigenvalue weighted by atomic mass is 16.7. The van der Waals surface area contributed by atoms with E-state index in [2.05, 4.69) is 0 Å². The van der Waals surface area contributed by atoms with Gasteiger partial charge in [-0.15, -0.1) is 0 Å². The summed E-state index contributed by atoms with van der Waals surface area (Å²) in [5.74, 6) is -3.82. The normalized spacial score (nSPS) is 23.4. The molecule has 1 atom stereocenters. The lowest BCUT2D eigenvalue weighted by Crippen LogP contribution is -2.39. The minimum atomic E-state index is -1.77. The predicted molar refractivity (Wildman–Crippen MR) is 55.6 cm³/mol. The molecular weight excluding hydrogens is 228 g/mol. The third kappa shape index (κ3) is 2.46. The summed E-state index contributed by atoms with van der Waals surface area (Å²) in [4.78, 5) is 34.3. The summed E-state index contributed by atoms with van der Waals surface area (Å²) >= 11 is 0. The maximum atomic E-state index is 11.9. The molecule has 1 aliphatic rings. The quantitative estimate of drug-likeness (QED) is 0.535. The molecule has 1 aliphatic heterocycles. The molecular formula is C11H14O6. The summed E-state index contributed by atoms with van der Waals surface area (Å²) in [6.07, 6.45) is 0. The second kappa shape index (κ2) is 4.57. The van der Waals surface area contributed by atoms with Gasteiger partial charge in [-0.2, -0.15) is 0 Å². The van der Waals surface area contributed by atoms with Crippen LogP contribution in [-0.2, 0) is 28.6 Å².